The highest BCUT2D eigenvalue weighted by Gasteiger charge is 2.29. The second-order valence-corrected chi connectivity index (χ2v) is 5.89. The van der Waals surface area contributed by atoms with Crippen molar-refractivity contribution >= 4 is 18.3 Å². The highest BCUT2D eigenvalue weighted by molar-refractivity contribution is 5.85. The lowest BCUT2D eigenvalue weighted by Crippen LogP contribution is -2.48. The topological polar surface area (TPSA) is 55.6 Å². The van der Waals surface area contributed by atoms with Gasteiger partial charge in [-0.05, 0) is 23.1 Å². The van der Waals surface area contributed by atoms with Crippen LogP contribution in [0.25, 0.3) is 0 Å². The van der Waals surface area contributed by atoms with Crippen LogP contribution < -0.4 is 10.5 Å². The second kappa shape index (κ2) is 7.50. The average Bonchev–Trinajstić information content (AvgIpc) is 2.36. The monoisotopic (exact) mass is 300 g/mol. The molecule has 1 aromatic rings. The van der Waals surface area contributed by atoms with Crippen LogP contribution in [0.2, 0.25) is 0 Å². The van der Waals surface area contributed by atoms with Gasteiger partial charge in [0.05, 0.1) is 13.2 Å². The summed E-state index contributed by atoms with van der Waals surface area (Å²) >= 11 is 0. The molecule has 1 amide bonds. The van der Waals surface area contributed by atoms with Gasteiger partial charge in [-0.3, -0.25) is 4.79 Å². The third-order valence-corrected chi connectivity index (χ3v) is 3.13. The minimum atomic E-state index is -0.497. The van der Waals surface area contributed by atoms with Crippen LogP contribution in [0.1, 0.15) is 26.3 Å². The number of likely N-dealkylation sites (N-methyl/N-ethyl adjacent to an activating group) is 1. The van der Waals surface area contributed by atoms with Gasteiger partial charge in [-0.15, -0.1) is 12.4 Å². The summed E-state index contributed by atoms with van der Waals surface area (Å²) < 4.78 is 5.17. The lowest BCUT2D eigenvalue weighted by molar-refractivity contribution is -0.134. The Labute approximate surface area is 127 Å². The van der Waals surface area contributed by atoms with Crippen molar-refractivity contribution in [3.63, 3.8) is 0 Å². The van der Waals surface area contributed by atoms with Gasteiger partial charge in [0, 0.05) is 13.6 Å². The van der Waals surface area contributed by atoms with E-state index in [2.05, 4.69) is 0 Å². The van der Waals surface area contributed by atoms with E-state index in [0.717, 1.165) is 11.3 Å². The number of methoxy groups -OCH3 is 1. The van der Waals surface area contributed by atoms with E-state index in [1.54, 1.807) is 19.1 Å². The molecule has 0 radical (unpaired) electrons. The van der Waals surface area contributed by atoms with Crippen LogP contribution >= 0.6 is 12.4 Å². The summed E-state index contributed by atoms with van der Waals surface area (Å²) in [6.07, 6.45) is 0. The molecule has 0 heterocycles. The van der Waals surface area contributed by atoms with Gasteiger partial charge in [0.1, 0.15) is 5.75 Å². The van der Waals surface area contributed by atoms with Crippen LogP contribution in [0.15, 0.2) is 24.3 Å². The van der Waals surface area contributed by atoms with Gasteiger partial charge < -0.3 is 15.4 Å². The van der Waals surface area contributed by atoms with Gasteiger partial charge in [0.25, 0.3) is 0 Å². The highest BCUT2D eigenvalue weighted by Crippen LogP contribution is 2.20. The number of ether oxygens (including phenoxy) is 1. The summed E-state index contributed by atoms with van der Waals surface area (Å²) in [5.41, 5.74) is 6.78. The maximum absolute atomic E-state index is 12.2. The first-order valence-corrected chi connectivity index (χ1v) is 6.39. The Balaban J connectivity index is 0.00000361. The van der Waals surface area contributed by atoms with Crippen LogP contribution in [0, 0.1) is 5.41 Å². The van der Waals surface area contributed by atoms with Gasteiger partial charge >= 0.3 is 0 Å². The van der Waals surface area contributed by atoms with Gasteiger partial charge in [-0.25, -0.2) is 0 Å². The summed E-state index contributed by atoms with van der Waals surface area (Å²) in [6, 6.07) is 7.19. The average molecular weight is 301 g/mol. The van der Waals surface area contributed by atoms with Crippen molar-refractivity contribution < 1.29 is 9.53 Å². The molecule has 0 aliphatic carbocycles. The quantitative estimate of drug-likeness (QED) is 0.929. The van der Waals surface area contributed by atoms with Crippen LogP contribution in [-0.2, 0) is 11.3 Å². The summed E-state index contributed by atoms with van der Waals surface area (Å²) in [6.45, 7) is 6.43. The Morgan fingerprint density at radius 1 is 1.40 bits per heavy atom. The lowest BCUT2D eigenvalue weighted by Gasteiger charge is -2.30. The number of hydrogen-bond donors (Lipinski definition) is 1. The maximum Gasteiger partial charge on any atom is 0.240 e. The molecule has 0 aliphatic heterocycles. The second-order valence-electron chi connectivity index (χ2n) is 5.89. The first kappa shape index (κ1) is 18.7. The van der Waals surface area contributed by atoms with Crippen LogP contribution in [0.3, 0.4) is 0 Å². The molecule has 0 bridgehead atoms. The van der Waals surface area contributed by atoms with Crippen molar-refractivity contribution in [2.45, 2.75) is 33.4 Å². The Bertz CT molecular complexity index is 444. The van der Waals surface area contributed by atoms with Crippen LogP contribution in [0.5, 0.6) is 5.75 Å². The summed E-state index contributed by atoms with van der Waals surface area (Å²) in [5.74, 6) is 0.744. The van der Waals surface area contributed by atoms with E-state index in [0.29, 0.717) is 6.54 Å². The van der Waals surface area contributed by atoms with Gasteiger partial charge in [0.2, 0.25) is 5.91 Å². The van der Waals surface area contributed by atoms with Gasteiger partial charge in [0.15, 0.2) is 0 Å². The molecule has 1 rings (SSSR count). The molecule has 20 heavy (non-hydrogen) atoms. The molecule has 0 saturated carbocycles. The van der Waals surface area contributed by atoms with Crippen molar-refractivity contribution in [2.75, 3.05) is 14.2 Å². The molecule has 1 aromatic carbocycles. The smallest absolute Gasteiger partial charge is 0.240 e. The molecule has 5 heteroatoms. The van der Waals surface area contributed by atoms with E-state index in [1.807, 2.05) is 45.0 Å². The number of rotatable bonds is 4. The standard InChI is InChI=1S/C15H24N2O2.ClH/c1-15(2,3)13(16)14(18)17(4)10-11-7-6-8-12(9-11)19-5;/h6-9,13H,10,16H2,1-5H3;1H/t13-;/m1./s1. The normalized spacial score (nSPS) is 12.3. The maximum atomic E-state index is 12.2. The predicted molar refractivity (Wildman–Crippen MR) is 84.1 cm³/mol. The van der Waals surface area contributed by atoms with Crippen LogP contribution in [0.4, 0.5) is 0 Å². The molecular weight excluding hydrogens is 276 g/mol. The zero-order valence-corrected chi connectivity index (χ0v) is 13.7. The molecule has 0 saturated heterocycles. The van der Waals surface area contributed by atoms with E-state index >= 15 is 0 Å². The number of hydrogen-bond acceptors (Lipinski definition) is 3. The number of halogens is 1. The number of carbonyl (C=O) groups is 1. The Hall–Kier alpha value is -1.26. The Kier molecular flexibility index (Phi) is 7.03. The summed E-state index contributed by atoms with van der Waals surface area (Å²) in [7, 11) is 3.40. The molecule has 1 atom stereocenters. The van der Waals surface area contributed by atoms with Crippen molar-refractivity contribution in [3.05, 3.63) is 29.8 Å². The molecule has 0 unspecified atom stereocenters. The van der Waals surface area contributed by atoms with E-state index in [-0.39, 0.29) is 23.7 Å². The minimum absolute atomic E-state index is 0. The Morgan fingerprint density at radius 3 is 2.50 bits per heavy atom. The summed E-state index contributed by atoms with van der Waals surface area (Å²) in [4.78, 5) is 13.9. The highest BCUT2D eigenvalue weighted by atomic mass is 35.5. The molecule has 0 aliphatic rings. The third kappa shape index (κ3) is 5.02. The van der Waals surface area contributed by atoms with Gasteiger partial charge in [-0.1, -0.05) is 32.9 Å². The van der Waals surface area contributed by atoms with Crippen molar-refractivity contribution in [3.8, 4) is 5.75 Å². The number of benzene rings is 1. The van der Waals surface area contributed by atoms with Crippen molar-refractivity contribution in [1.82, 2.24) is 4.90 Å². The molecule has 0 aromatic heterocycles. The molecular formula is C15H25ClN2O2. The molecule has 0 fully saturated rings. The predicted octanol–water partition coefficient (Wildman–Crippen LogP) is 2.45. The number of nitrogens with two attached hydrogens (primary N) is 1. The molecule has 0 spiro atoms. The first-order chi connectivity index (χ1) is 8.75. The minimum Gasteiger partial charge on any atom is -0.497 e. The SMILES string of the molecule is COc1cccc(CN(C)C(=O)[C@@H](N)C(C)(C)C)c1.Cl. The fraction of sp³-hybridized carbons (Fsp3) is 0.533. The van der Waals surface area contributed by atoms with Crippen molar-refractivity contribution in [1.29, 1.82) is 0 Å². The lowest BCUT2D eigenvalue weighted by atomic mass is 9.86. The number of nitrogens with zero attached hydrogens (tertiary/aromatic N) is 1. The fourth-order valence-corrected chi connectivity index (χ4v) is 1.73. The molecule has 2 N–H and O–H groups in total. The van der Waals surface area contributed by atoms with E-state index in [1.165, 1.54) is 0 Å². The van der Waals surface area contributed by atoms with Crippen LogP contribution in [-0.4, -0.2) is 31.0 Å². The zero-order chi connectivity index (χ0) is 14.6. The number of amides is 1. The van der Waals surface area contributed by atoms with E-state index < -0.39 is 6.04 Å². The first-order valence-electron chi connectivity index (χ1n) is 6.39. The largest absolute Gasteiger partial charge is 0.497 e. The van der Waals surface area contributed by atoms with Gasteiger partial charge in [-0.2, -0.15) is 0 Å². The zero-order valence-electron chi connectivity index (χ0n) is 12.8. The Morgan fingerprint density at radius 2 is 2.00 bits per heavy atom. The summed E-state index contributed by atoms with van der Waals surface area (Å²) in [5, 5.41) is 0. The fourth-order valence-electron chi connectivity index (χ4n) is 1.73. The molecule has 4 nitrogen and oxygen atoms in total. The number of carbonyl (C=O) groups excluding carboxylic acids is 1. The third-order valence-electron chi connectivity index (χ3n) is 3.13. The van der Waals surface area contributed by atoms with E-state index in [9.17, 15) is 4.79 Å². The van der Waals surface area contributed by atoms with Crippen molar-refractivity contribution in [2.24, 2.45) is 11.1 Å². The molecule has 114 valence electrons. The van der Waals surface area contributed by atoms with E-state index in [4.69, 9.17) is 10.5 Å².